The van der Waals surface area contributed by atoms with Gasteiger partial charge in [0.15, 0.2) is 6.10 Å². The summed E-state index contributed by atoms with van der Waals surface area (Å²) in [6, 6.07) is 0. The topological polar surface area (TPSA) is 194 Å². The minimum Gasteiger partial charge on any atom is -0.479 e. The van der Waals surface area contributed by atoms with Crippen LogP contribution in [0.3, 0.4) is 0 Å². The van der Waals surface area contributed by atoms with Gasteiger partial charge in [-0.1, -0.05) is 0 Å². The van der Waals surface area contributed by atoms with E-state index in [0.717, 1.165) is 19.3 Å². The molecule has 10 nitrogen and oxygen atoms in total. The lowest BCUT2D eigenvalue weighted by Crippen LogP contribution is -2.38. The number of carboxylic acids is 1. The molecule has 0 bridgehead atoms. The standard InChI is InChI=1S/C5H10N2O2.C5H8O3.H4N2.H2O/c6-7-5(8)4-2-1-3-9-4;6-5(7)4-2-1-3-8-4;1-2;/h4H,1-3,6H2,(H,7,8);4H,1-3H2,(H,6,7);1-2H2;1H2/t2*4-;;/m11../s1. The van der Waals surface area contributed by atoms with Crippen LogP contribution < -0.4 is 23.0 Å². The highest BCUT2D eigenvalue weighted by atomic mass is 16.5. The van der Waals surface area contributed by atoms with E-state index in [0.29, 0.717) is 19.6 Å². The number of ether oxygens (including phenoxy) is 2. The highest BCUT2D eigenvalue weighted by molar-refractivity contribution is 5.80. The maximum Gasteiger partial charge on any atom is 0.332 e. The van der Waals surface area contributed by atoms with Gasteiger partial charge in [0.2, 0.25) is 0 Å². The van der Waals surface area contributed by atoms with Crippen molar-refractivity contribution < 1.29 is 29.6 Å². The molecule has 120 valence electrons. The summed E-state index contributed by atoms with van der Waals surface area (Å²) in [4.78, 5) is 20.7. The summed E-state index contributed by atoms with van der Waals surface area (Å²) in [6.45, 7) is 1.29. The fourth-order valence-electron chi connectivity index (χ4n) is 1.65. The molecule has 1 amide bonds. The number of amides is 1. The minimum absolute atomic E-state index is 0. The van der Waals surface area contributed by atoms with Crippen molar-refractivity contribution in [2.75, 3.05) is 13.2 Å². The fraction of sp³-hybridized carbons (Fsp3) is 0.800. The van der Waals surface area contributed by atoms with Crippen LogP contribution in [-0.2, 0) is 19.1 Å². The Balaban J connectivity index is 0. The number of nitrogens with two attached hydrogens (primary N) is 3. The van der Waals surface area contributed by atoms with E-state index in [9.17, 15) is 9.59 Å². The maximum atomic E-state index is 10.7. The van der Waals surface area contributed by atoms with Gasteiger partial charge in [-0.05, 0) is 25.7 Å². The second kappa shape index (κ2) is 12.7. The molecule has 0 aliphatic carbocycles. The molecule has 2 rings (SSSR count). The minimum atomic E-state index is -0.831. The monoisotopic (exact) mass is 296 g/mol. The van der Waals surface area contributed by atoms with Gasteiger partial charge in [0.25, 0.3) is 5.91 Å². The third-order valence-corrected chi connectivity index (χ3v) is 2.57. The Kier molecular flexibility index (Phi) is 13.4. The van der Waals surface area contributed by atoms with Crippen LogP contribution in [-0.4, -0.2) is 47.9 Å². The Morgan fingerprint density at radius 3 is 1.75 bits per heavy atom. The van der Waals surface area contributed by atoms with Crippen LogP contribution in [0, 0.1) is 0 Å². The van der Waals surface area contributed by atoms with E-state index in [1.807, 2.05) is 5.43 Å². The van der Waals surface area contributed by atoms with Gasteiger partial charge in [-0.2, -0.15) is 0 Å². The number of aliphatic carboxylic acids is 1. The first-order valence-electron chi connectivity index (χ1n) is 5.95. The van der Waals surface area contributed by atoms with E-state index >= 15 is 0 Å². The summed E-state index contributed by atoms with van der Waals surface area (Å²) in [7, 11) is 0. The number of nitrogens with one attached hydrogen (secondary N) is 1. The Bertz CT molecular complexity index is 266. The van der Waals surface area contributed by atoms with Gasteiger partial charge in [0.1, 0.15) is 6.10 Å². The van der Waals surface area contributed by atoms with E-state index in [2.05, 4.69) is 11.7 Å². The molecule has 2 heterocycles. The van der Waals surface area contributed by atoms with E-state index in [1.54, 1.807) is 0 Å². The largest absolute Gasteiger partial charge is 0.479 e. The van der Waals surface area contributed by atoms with Gasteiger partial charge in [-0.3, -0.25) is 21.9 Å². The SMILES string of the molecule is NN.NNC(=O)[C@H]1CCCO1.O.O=C(O)[C@H]1CCCO1. The molecular formula is C10H24N4O6. The molecule has 2 fully saturated rings. The molecule has 0 saturated carbocycles. The second-order valence-electron chi connectivity index (χ2n) is 3.85. The van der Waals surface area contributed by atoms with Crippen LogP contribution >= 0.6 is 0 Å². The van der Waals surface area contributed by atoms with Crippen molar-refractivity contribution in [1.29, 1.82) is 0 Å². The number of hydrogen-bond donors (Lipinski definition) is 5. The van der Waals surface area contributed by atoms with Crippen molar-refractivity contribution in [1.82, 2.24) is 5.43 Å². The number of rotatable bonds is 2. The van der Waals surface area contributed by atoms with Gasteiger partial charge < -0.3 is 20.1 Å². The fourth-order valence-corrected chi connectivity index (χ4v) is 1.65. The average molecular weight is 296 g/mol. The Morgan fingerprint density at radius 2 is 1.50 bits per heavy atom. The van der Waals surface area contributed by atoms with Gasteiger partial charge in [-0.25, -0.2) is 10.6 Å². The predicted octanol–water partition coefficient (Wildman–Crippen LogP) is -2.60. The van der Waals surface area contributed by atoms with Crippen molar-refractivity contribution >= 4 is 11.9 Å². The highest BCUT2D eigenvalue weighted by Gasteiger charge is 2.22. The summed E-state index contributed by atoms with van der Waals surface area (Å²) in [6.07, 6.45) is 2.50. The summed E-state index contributed by atoms with van der Waals surface area (Å²) < 4.78 is 9.83. The van der Waals surface area contributed by atoms with E-state index in [4.69, 9.17) is 20.4 Å². The smallest absolute Gasteiger partial charge is 0.332 e. The second-order valence-corrected chi connectivity index (χ2v) is 3.85. The predicted molar refractivity (Wildman–Crippen MR) is 69.9 cm³/mol. The Labute approximate surface area is 116 Å². The Hall–Kier alpha value is -1.30. The first kappa shape index (κ1) is 21.0. The Morgan fingerprint density at radius 1 is 1.05 bits per heavy atom. The zero-order valence-electron chi connectivity index (χ0n) is 11.2. The number of carbonyl (C=O) groups is 2. The molecule has 10 N–H and O–H groups in total. The molecule has 0 spiro atoms. The zero-order valence-corrected chi connectivity index (χ0v) is 11.2. The van der Waals surface area contributed by atoms with Gasteiger partial charge in [0, 0.05) is 13.2 Å². The first-order chi connectivity index (χ1) is 9.15. The van der Waals surface area contributed by atoms with Gasteiger partial charge in [-0.15, -0.1) is 0 Å². The first-order valence-corrected chi connectivity index (χ1v) is 5.95. The summed E-state index contributed by atoms with van der Waals surface area (Å²) in [5.74, 6) is 11.8. The van der Waals surface area contributed by atoms with Crippen molar-refractivity contribution in [3.63, 3.8) is 0 Å². The third-order valence-electron chi connectivity index (χ3n) is 2.57. The van der Waals surface area contributed by atoms with Crippen LogP contribution in [0.1, 0.15) is 25.7 Å². The number of carboxylic acid groups (broad SMARTS) is 1. The quantitative estimate of drug-likeness (QED) is 0.208. The third kappa shape index (κ3) is 7.99. The van der Waals surface area contributed by atoms with E-state index in [-0.39, 0.29) is 17.5 Å². The lowest BCUT2D eigenvalue weighted by molar-refractivity contribution is -0.147. The molecule has 2 aliphatic heterocycles. The van der Waals surface area contributed by atoms with Gasteiger partial charge in [0.05, 0.1) is 0 Å². The average Bonchev–Trinajstić information content (AvgIpc) is 3.13. The van der Waals surface area contributed by atoms with Crippen LogP contribution in [0.4, 0.5) is 0 Å². The zero-order chi connectivity index (χ0) is 14.7. The van der Waals surface area contributed by atoms with Crippen molar-refractivity contribution in [2.45, 2.75) is 37.9 Å². The number of hydrogen-bond acceptors (Lipinski definition) is 7. The molecule has 0 aromatic rings. The molecule has 2 aliphatic rings. The molecular weight excluding hydrogens is 272 g/mol. The van der Waals surface area contributed by atoms with Crippen molar-refractivity contribution in [3.8, 4) is 0 Å². The van der Waals surface area contributed by atoms with Crippen LogP contribution in [0.25, 0.3) is 0 Å². The number of carbonyl (C=O) groups excluding carboxylic acids is 1. The van der Waals surface area contributed by atoms with Crippen molar-refractivity contribution in [2.24, 2.45) is 17.5 Å². The molecule has 0 aromatic heterocycles. The molecule has 2 atom stereocenters. The molecule has 20 heavy (non-hydrogen) atoms. The summed E-state index contributed by atoms with van der Waals surface area (Å²) in [5, 5.41) is 8.29. The molecule has 0 aromatic carbocycles. The van der Waals surface area contributed by atoms with Crippen LogP contribution in [0.5, 0.6) is 0 Å². The summed E-state index contributed by atoms with van der Waals surface area (Å²) >= 11 is 0. The molecule has 2 saturated heterocycles. The normalized spacial score (nSPS) is 23.4. The van der Waals surface area contributed by atoms with Gasteiger partial charge >= 0.3 is 5.97 Å². The highest BCUT2D eigenvalue weighted by Crippen LogP contribution is 2.11. The van der Waals surface area contributed by atoms with Crippen LogP contribution in [0.15, 0.2) is 0 Å². The molecule has 0 radical (unpaired) electrons. The number of hydrazine groups is 2. The lowest BCUT2D eigenvalue weighted by atomic mass is 10.2. The van der Waals surface area contributed by atoms with E-state index in [1.165, 1.54) is 0 Å². The molecule has 10 heteroatoms. The summed E-state index contributed by atoms with van der Waals surface area (Å²) in [5.41, 5.74) is 2.04. The van der Waals surface area contributed by atoms with Crippen LogP contribution in [0.2, 0.25) is 0 Å². The van der Waals surface area contributed by atoms with Crippen molar-refractivity contribution in [3.05, 3.63) is 0 Å². The molecule has 0 unspecified atom stereocenters. The van der Waals surface area contributed by atoms with E-state index < -0.39 is 12.1 Å². The lowest BCUT2D eigenvalue weighted by Gasteiger charge is -2.04. The maximum absolute atomic E-state index is 10.7.